The van der Waals surface area contributed by atoms with E-state index < -0.39 is 0 Å². The smallest absolute Gasteiger partial charge is 0.135 e. The van der Waals surface area contributed by atoms with E-state index in [4.69, 9.17) is 23.2 Å². The molecule has 4 heterocycles. The highest BCUT2D eigenvalue weighted by Crippen LogP contribution is 2.35. The first-order valence-electron chi connectivity index (χ1n) is 11.8. The summed E-state index contributed by atoms with van der Waals surface area (Å²) in [5.74, 6) is 1.66. The number of benzene rings is 1. The average molecular weight is 556 g/mol. The van der Waals surface area contributed by atoms with Gasteiger partial charge in [0.1, 0.15) is 11.7 Å². The molecule has 2 aromatic heterocycles. The van der Waals surface area contributed by atoms with Gasteiger partial charge in [0, 0.05) is 43.9 Å². The summed E-state index contributed by atoms with van der Waals surface area (Å²) < 4.78 is 0. The molecular formula is C28H28Cl2N4S2. The molecule has 2 aliphatic heterocycles. The molecule has 8 heteroatoms. The minimum atomic E-state index is -0.128. The molecule has 5 rings (SSSR count). The first kappa shape index (κ1) is 25.3. The van der Waals surface area contributed by atoms with Gasteiger partial charge in [-0.3, -0.25) is 0 Å². The number of aliphatic imine (C=N–C) groups is 2. The van der Waals surface area contributed by atoms with Gasteiger partial charge in [0.05, 0.1) is 22.1 Å². The lowest BCUT2D eigenvalue weighted by Gasteiger charge is -2.26. The van der Waals surface area contributed by atoms with E-state index in [0.29, 0.717) is 16.5 Å². The first-order chi connectivity index (χ1) is 17.2. The quantitative estimate of drug-likeness (QED) is 0.335. The van der Waals surface area contributed by atoms with E-state index in [1.54, 1.807) is 17.5 Å². The summed E-state index contributed by atoms with van der Waals surface area (Å²) in [6, 6.07) is 10.6. The van der Waals surface area contributed by atoms with Gasteiger partial charge in [-0.1, -0.05) is 29.3 Å². The normalized spacial score (nSPS) is 19.6. The van der Waals surface area contributed by atoms with Gasteiger partial charge in [0.25, 0.3) is 0 Å². The molecule has 0 amide bonds. The molecule has 4 nitrogen and oxygen atoms in total. The largest absolute Gasteiger partial charge is 0.363 e. The van der Waals surface area contributed by atoms with E-state index in [1.807, 2.05) is 29.7 Å². The molecule has 2 aliphatic rings. The molecule has 186 valence electrons. The van der Waals surface area contributed by atoms with Crippen LogP contribution in [0.5, 0.6) is 0 Å². The second-order valence-electron chi connectivity index (χ2n) is 9.32. The number of nitrogens with zero attached hydrogens (tertiary/aromatic N) is 2. The predicted octanol–water partition coefficient (Wildman–Crippen LogP) is 8.06. The fraction of sp³-hybridized carbons (Fsp3) is 0.286. The SMILES string of the molecule is CC1=CN=C(Cc2ccc(C3=NC=C(Cl)C(c4cc(C)sc4C)N3)c(Cl)c2)NC1c1cc(C)sc1C. The van der Waals surface area contributed by atoms with Crippen molar-refractivity contribution in [2.45, 2.75) is 53.1 Å². The predicted molar refractivity (Wildman–Crippen MR) is 156 cm³/mol. The maximum Gasteiger partial charge on any atom is 0.135 e. The van der Waals surface area contributed by atoms with Crippen molar-refractivity contribution >= 4 is 57.5 Å². The number of aryl methyl sites for hydroxylation is 4. The summed E-state index contributed by atoms with van der Waals surface area (Å²) in [4.78, 5) is 14.4. The van der Waals surface area contributed by atoms with E-state index in [-0.39, 0.29) is 12.1 Å². The Labute approximate surface area is 230 Å². The molecular weight excluding hydrogens is 527 g/mol. The van der Waals surface area contributed by atoms with Crippen molar-refractivity contribution in [3.63, 3.8) is 0 Å². The number of nitrogens with one attached hydrogen (secondary N) is 2. The number of amidine groups is 2. The summed E-state index contributed by atoms with van der Waals surface area (Å²) in [7, 11) is 0. The van der Waals surface area contributed by atoms with E-state index in [1.165, 1.54) is 36.2 Å². The van der Waals surface area contributed by atoms with Crippen molar-refractivity contribution < 1.29 is 0 Å². The van der Waals surface area contributed by atoms with Crippen LogP contribution in [0.4, 0.5) is 0 Å². The van der Waals surface area contributed by atoms with Gasteiger partial charge in [-0.2, -0.15) is 0 Å². The van der Waals surface area contributed by atoms with Gasteiger partial charge >= 0.3 is 0 Å². The third-order valence-corrected chi connectivity index (χ3v) is 9.10. The van der Waals surface area contributed by atoms with Crippen LogP contribution in [-0.4, -0.2) is 11.7 Å². The van der Waals surface area contributed by atoms with Crippen LogP contribution < -0.4 is 10.6 Å². The minimum absolute atomic E-state index is 0.128. The maximum atomic E-state index is 6.77. The second-order valence-corrected chi connectivity index (χ2v) is 13.1. The van der Waals surface area contributed by atoms with Gasteiger partial charge in [-0.15, -0.1) is 22.7 Å². The number of thiophene rings is 2. The summed E-state index contributed by atoms with van der Waals surface area (Å²) in [6.07, 6.45) is 4.37. The van der Waals surface area contributed by atoms with Crippen LogP contribution in [0.15, 0.2) is 63.3 Å². The average Bonchev–Trinajstić information content (AvgIpc) is 3.34. The molecule has 0 saturated carbocycles. The Morgan fingerprint density at radius 3 is 2.08 bits per heavy atom. The Bertz CT molecular complexity index is 1460. The first-order valence-corrected chi connectivity index (χ1v) is 14.2. The highest BCUT2D eigenvalue weighted by molar-refractivity contribution is 7.12. The van der Waals surface area contributed by atoms with Crippen LogP contribution >= 0.6 is 45.9 Å². The standard InChI is InChI=1S/C28H28Cl2N4S2/c1-14-12-31-25(33-26(14)21-8-15(2)35-17(21)4)11-19-6-7-20(23(29)10-19)28-32-13-24(30)27(34-28)22-9-16(3)36-18(22)5/h6-10,12-13,26-27H,11H2,1-5H3,(H,31,33)(H,32,34). The Morgan fingerprint density at radius 1 is 0.806 bits per heavy atom. The third-order valence-electron chi connectivity index (χ3n) is 6.51. The minimum Gasteiger partial charge on any atom is -0.363 e. The van der Waals surface area contributed by atoms with Crippen LogP contribution in [-0.2, 0) is 6.42 Å². The van der Waals surface area contributed by atoms with E-state index in [2.05, 4.69) is 73.4 Å². The molecule has 2 N–H and O–H groups in total. The summed E-state index contributed by atoms with van der Waals surface area (Å²) >= 11 is 16.9. The molecule has 0 aliphatic carbocycles. The van der Waals surface area contributed by atoms with E-state index in [0.717, 1.165) is 22.8 Å². The van der Waals surface area contributed by atoms with Gasteiger partial charge < -0.3 is 10.6 Å². The second kappa shape index (κ2) is 10.2. The molecule has 36 heavy (non-hydrogen) atoms. The summed E-state index contributed by atoms with van der Waals surface area (Å²) in [6.45, 7) is 10.7. The highest BCUT2D eigenvalue weighted by atomic mass is 35.5. The molecule has 0 radical (unpaired) electrons. The van der Waals surface area contributed by atoms with Crippen LogP contribution in [0.3, 0.4) is 0 Å². The molecule has 1 aromatic carbocycles. The van der Waals surface area contributed by atoms with Gasteiger partial charge in [-0.25, -0.2) is 9.98 Å². The van der Waals surface area contributed by atoms with Crippen molar-refractivity contribution in [1.82, 2.24) is 10.6 Å². The van der Waals surface area contributed by atoms with Crippen molar-refractivity contribution in [3.8, 4) is 0 Å². The Balaban J connectivity index is 1.34. The van der Waals surface area contributed by atoms with Crippen molar-refractivity contribution in [2.75, 3.05) is 0 Å². The number of rotatable bonds is 5. The number of hydrogen-bond acceptors (Lipinski definition) is 6. The zero-order chi connectivity index (χ0) is 25.6. The zero-order valence-electron chi connectivity index (χ0n) is 20.9. The van der Waals surface area contributed by atoms with Gasteiger partial charge in [-0.05, 0) is 81.1 Å². The topological polar surface area (TPSA) is 48.8 Å². The summed E-state index contributed by atoms with van der Waals surface area (Å²) in [5, 5.41) is 8.45. The number of halogens is 2. The lowest BCUT2D eigenvalue weighted by molar-refractivity contribution is 0.717. The monoisotopic (exact) mass is 554 g/mol. The lowest BCUT2D eigenvalue weighted by Crippen LogP contribution is -2.33. The Kier molecular flexibility index (Phi) is 7.14. The third kappa shape index (κ3) is 5.05. The Hall–Kier alpha value is -2.38. The van der Waals surface area contributed by atoms with Crippen LogP contribution in [0.1, 0.15) is 60.8 Å². The molecule has 2 unspecified atom stereocenters. The zero-order valence-corrected chi connectivity index (χ0v) is 24.0. The molecule has 2 atom stereocenters. The molecule has 0 bridgehead atoms. The van der Waals surface area contributed by atoms with Crippen molar-refractivity contribution in [3.05, 3.63) is 100 Å². The van der Waals surface area contributed by atoms with E-state index >= 15 is 0 Å². The lowest BCUT2D eigenvalue weighted by atomic mass is 9.98. The van der Waals surface area contributed by atoms with Gasteiger partial charge in [0.2, 0.25) is 0 Å². The molecule has 0 saturated heterocycles. The highest BCUT2D eigenvalue weighted by Gasteiger charge is 2.25. The Morgan fingerprint density at radius 2 is 1.47 bits per heavy atom. The van der Waals surface area contributed by atoms with Crippen molar-refractivity contribution in [1.29, 1.82) is 0 Å². The van der Waals surface area contributed by atoms with Crippen molar-refractivity contribution in [2.24, 2.45) is 9.98 Å². The fourth-order valence-corrected chi connectivity index (χ4v) is 7.18. The maximum absolute atomic E-state index is 6.77. The molecule has 0 fully saturated rings. The molecule has 0 spiro atoms. The van der Waals surface area contributed by atoms with Crippen LogP contribution in [0.25, 0.3) is 0 Å². The van der Waals surface area contributed by atoms with Crippen LogP contribution in [0.2, 0.25) is 5.02 Å². The van der Waals surface area contributed by atoms with Crippen LogP contribution in [0, 0.1) is 27.7 Å². The number of hydrogen-bond donors (Lipinski definition) is 2. The fourth-order valence-electron chi connectivity index (χ4n) is 4.74. The molecule has 3 aromatic rings. The summed E-state index contributed by atoms with van der Waals surface area (Å²) in [5.41, 5.74) is 5.66. The van der Waals surface area contributed by atoms with Gasteiger partial charge in [0.15, 0.2) is 0 Å². The van der Waals surface area contributed by atoms with E-state index in [9.17, 15) is 0 Å².